The Morgan fingerprint density at radius 3 is 2.29 bits per heavy atom. The van der Waals surface area contributed by atoms with Gasteiger partial charge in [0.15, 0.2) is 0 Å². The van der Waals surface area contributed by atoms with E-state index in [9.17, 15) is 0 Å². The molecule has 0 rings (SSSR count). The molecule has 0 amide bonds. The molecule has 14 heavy (non-hydrogen) atoms. The van der Waals surface area contributed by atoms with Crippen molar-refractivity contribution in [2.45, 2.75) is 59.3 Å². The maximum absolute atomic E-state index is 3.25. The Balaban J connectivity index is 3.50. The zero-order valence-corrected chi connectivity index (χ0v) is 10.6. The van der Waals surface area contributed by atoms with E-state index in [1.807, 2.05) is 7.05 Å². The number of rotatable bonds is 9. The van der Waals surface area contributed by atoms with Gasteiger partial charge in [-0.05, 0) is 31.8 Å². The van der Waals surface area contributed by atoms with E-state index in [2.05, 4.69) is 26.1 Å². The monoisotopic (exact) mass is 199 g/mol. The van der Waals surface area contributed by atoms with Gasteiger partial charge in [0.1, 0.15) is 0 Å². The summed E-state index contributed by atoms with van der Waals surface area (Å²) in [5.41, 5.74) is 0. The molecule has 0 aliphatic carbocycles. The summed E-state index contributed by atoms with van der Waals surface area (Å²) in [6.07, 6.45) is 8.40. The minimum absolute atomic E-state index is 0.843. The van der Waals surface area contributed by atoms with Crippen LogP contribution in [0.1, 0.15) is 59.3 Å². The van der Waals surface area contributed by atoms with Gasteiger partial charge in [0.25, 0.3) is 0 Å². The van der Waals surface area contributed by atoms with Crippen LogP contribution < -0.4 is 5.32 Å². The SMILES string of the molecule is CCCCC(CC)CCC(C)CNC. The lowest BCUT2D eigenvalue weighted by Crippen LogP contribution is -2.17. The quantitative estimate of drug-likeness (QED) is 0.595. The lowest BCUT2D eigenvalue weighted by atomic mass is 9.91. The van der Waals surface area contributed by atoms with E-state index in [1.54, 1.807) is 0 Å². The fourth-order valence-electron chi connectivity index (χ4n) is 2.02. The first-order valence-corrected chi connectivity index (χ1v) is 6.39. The topological polar surface area (TPSA) is 12.0 Å². The summed E-state index contributed by atoms with van der Waals surface area (Å²) in [6, 6.07) is 0. The Morgan fingerprint density at radius 1 is 1.07 bits per heavy atom. The summed E-state index contributed by atoms with van der Waals surface area (Å²) in [5, 5.41) is 3.25. The Hall–Kier alpha value is -0.0400. The molecule has 86 valence electrons. The maximum Gasteiger partial charge on any atom is -0.00262 e. The highest BCUT2D eigenvalue weighted by Gasteiger charge is 2.08. The van der Waals surface area contributed by atoms with Crippen molar-refractivity contribution in [3.8, 4) is 0 Å². The minimum atomic E-state index is 0.843. The van der Waals surface area contributed by atoms with Crippen LogP contribution in [0.4, 0.5) is 0 Å². The Kier molecular flexibility index (Phi) is 9.49. The van der Waals surface area contributed by atoms with Crippen molar-refractivity contribution in [2.24, 2.45) is 11.8 Å². The number of hydrogen-bond donors (Lipinski definition) is 1. The van der Waals surface area contributed by atoms with Crippen molar-refractivity contribution in [3.63, 3.8) is 0 Å². The molecule has 1 nitrogen and oxygen atoms in total. The fourth-order valence-corrected chi connectivity index (χ4v) is 2.02. The summed E-state index contributed by atoms with van der Waals surface area (Å²) >= 11 is 0. The molecule has 1 N–H and O–H groups in total. The standard InChI is InChI=1S/C13H29N/c1-5-7-8-13(6-2)10-9-12(3)11-14-4/h12-14H,5-11H2,1-4H3. The van der Waals surface area contributed by atoms with E-state index in [0.29, 0.717) is 0 Å². The summed E-state index contributed by atoms with van der Waals surface area (Å²) in [7, 11) is 2.05. The second kappa shape index (κ2) is 9.51. The van der Waals surface area contributed by atoms with Crippen LogP contribution in [0.2, 0.25) is 0 Å². The van der Waals surface area contributed by atoms with Crippen molar-refractivity contribution in [1.82, 2.24) is 5.32 Å². The van der Waals surface area contributed by atoms with Crippen molar-refractivity contribution in [3.05, 3.63) is 0 Å². The van der Waals surface area contributed by atoms with Crippen LogP contribution in [0.3, 0.4) is 0 Å². The predicted molar refractivity (Wildman–Crippen MR) is 65.6 cm³/mol. The van der Waals surface area contributed by atoms with E-state index in [4.69, 9.17) is 0 Å². The van der Waals surface area contributed by atoms with Crippen LogP contribution in [0.25, 0.3) is 0 Å². The smallest absolute Gasteiger partial charge is 0.00262 e. The van der Waals surface area contributed by atoms with Crippen LogP contribution in [0, 0.1) is 11.8 Å². The summed E-state index contributed by atoms with van der Waals surface area (Å²) in [6.45, 7) is 8.15. The van der Waals surface area contributed by atoms with Gasteiger partial charge >= 0.3 is 0 Å². The third kappa shape index (κ3) is 7.37. The first-order valence-electron chi connectivity index (χ1n) is 6.39. The van der Waals surface area contributed by atoms with Gasteiger partial charge in [-0.2, -0.15) is 0 Å². The normalized spacial score (nSPS) is 15.4. The van der Waals surface area contributed by atoms with Crippen LogP contribution in [0.15, 0.2) is 0 Å². The molecule has 0 aliphatic heterocycles. The highest BCUT2D eigenvalue weighted by Crippen LogP contribution is 2.20. The number of nitrogens with one attached hydrogen (secondary N) is 1. The molecule has 2 atom stereocenters. The molecule has 0 spiro atoms. The number of unbranched alkanes of at least 4 members (excludes halogenated alkanes) is 1. The van der Waals surface area contributed by atoms with Gasteiger partial charge in [-0.15, -0.1) is 0 Å². The largest absolute Gasteiger partial charge is 0.319 e. The molecule has 0 saturated heterocycles. The van der Waals surface area contributed by atoms with E-state index in [-0.39, 0.29) is 0 Å². The predicted octanol–water partition coefficient (Wildman–Crippen LogP) is 3.84. The van der Waals surface area contributed by atoms with E-state index in [1.165, 1.54) is 45.1 Å². The van der Waals surface area contributed by atoms with Gasteiger partial charge in [-0.1, -0.05) is 52.9 Å². The minimum Gasteiger partial charge on any atom is -0.319 e. The first kappa shape index (κ1) is 14.0. The summed E-state index contributed by atoms with van der Waals surface area (Å²) < 4.78 is 0. The lowest BCUT2D eigenvalue weighted by Gasteiger charge is -2.17. The summed E-state index contributed by atoms with van der Waals surface area (Å²) in [4.78, 5) is 0. The average Bonchev–Trinajstić information content (AvgIpc) is 2.19. The average molecular weight is 199 g/mol. The molecule has 0 aromatic heterocycles. The van der Waals surface area contributed by atoms with Crippen LogP contribution in [-0.2, 0) is 0 Å². The second-order valence-corrected chi connectivity index (χ2v) is 4.66. The molecular weight excluding hydrogens is 170 g/mol. The Bertz CT molecular complexity index is 112. The first-order chi connectivity index (χ1) is 6.74. The van der Waals surface area contributed by atoms with Crippen molar-refractivity contribution >= 4 is 0 Å². The Labute approximate surface area is 90.7 Å². The fraction of sp³-hybridized carbons (Fsp3) is 1.00. The lowest BCUT2D eigenvalue weighted by molar-refractivity contribution is 0.367. The second-order valence-electron chi connectivity index (χ2n) is 4.66. The molecule has 0 fully saturated rings. The molecule has 0 aliphatic rings. The molecule has 0 radical (unpaired) electrons. The molecular formula is C13H29N. The summed E-state index contributed by atoms with van der Waals surface area (Å²) in [5.74, 6) is 1.82. The van der Waals surface area contributed by atoms with E-state index >= 15 is 0 Å². The Morgan fingerprint density at radius 2 is 1.79 bits per heavy atom. The molecule has 0 aromatic carbocycles. The molecule has 0 aromatic rings. The molecule has 1 heteroatoms. The van der Waals surface area contributed by atoms with E-state index < -0.39 is 0 Å². The zero-order valence-electron chi connectivity index (χ0n) is 10.6. The van der Waals surface area contributed by atoms with Gasteiger partial charge in [0.05, 0.1) is 0 Å². The molecule has 0 bridgehead atoms. The molecule has 2 unspecified atom stereocenters. The highest BCUT2D eigenvalue weighted by molar-refractivity contribution is 4.62. The molecule has 0 heterocycles. The van der Waals surface area contributed by atoms with Crippen LogP contribution >= 0.6 is 0 Å². The zero-order chi connectivity index (χ0) is 10.8. The van der Waals surface area contributed by atoms with Crippen molar-refractivity contribution in [2.75, 3.05) is 13.6 Å². The van der Waals surface area contributed by atoms with Gasteiger partial charge in [0, 0.05) is 0 Å². The van der Waals surface area contributed by atoms with Gasteiger partial charge in [-0.3, -0.25) is 0 Å². The number of hydrogen-bond acceptors (Lipinski definition) is 1. The van der Waals surface area contributed by atoms with Gasteiger partial charge < -0.3 is 5.32 Å². The van der Waals surface area contributed by atoms with Gasteiger partial charge in [0.2, 0.25) is 0 Å². The third-order valence-electron chi connectivity index (χ3n) is 3.16. The van der Waals surface area contributed by atoms with Gasteiger partial charge in [-0.25, -0.2) is 0 Å². The van der Waals surface area contributed by atoms with E-state index in [0.717, 1.165) is 11.8 Å². The maximum atomic E-state index is 3.25. The van der Waals surface area contributed by atoms with Crippen LogP contribution in [-0.4, -0.2) is 13.6 Å². The third-order valence-corrected chi connectivity index (χ3v) is 3.16. The van der Waals surface area contributed by atoms with Crippen molar-refractivity contribution in [1.29, 1.82) is 0 Å². The molecule has 0 saturated carbocycles. The highest BCUT2D eigenvalue weighted by atomic mass is 14.8. The van der Waals surface area contributed by atoms with Crippen molar-refractivity contribution < 1.29 is 0 Å². The van der Waals surface area contributed by atoms with Crippen LogP contribution in [0.5, 0.6) is 0 Å².